The Bertz CT molecular complexity index is 518. The smallest absolute Gasteiger partial charge is 0.373 e. The number of hydrogen-bond donors (Lipinski definition) is 1. The summed E-state index contributed by atoms with van der Waals surface area (Å²) in [6.45, 7) is 14.1. The summed E-state index contributed by atoms with van der Waals surface area (Å²) in [6, 6.07) is 4.07. The topological polar surface area (TPSA) is 76.5 Å². The van der Waals surface area contributed by atoms with Crippen LogP contribution in [0, 0.1) is 6.92 Å². The molecule has 0 unspecified atom stereocenters. The van der Waals surface area contributed by atoms with Gasteiger partial charge in [-0.3, -0.25) is 4.98 Å². The standard InChI is InChI=1S/C16H29NO2Si.CO2/c1-13-10-14(11-15(12-18)17-13)8-7-9-19-20(5,6)16(2,3)4;2-1-3/h10-11,18H,7-9,12H2,1-6H3;. The third-order valence-corrected chi connectivity index (χ3v) is 8.65. The fourth-order valence-electron chi connectivity index (χ4n) is 1.86. The Balaban J connectivity index is 0.00000149. The molecule has 0 aliphatic carbocycles. The number of pyridine rings is 1. The highest BCUT2D eigenvalue weighted by Crippen LogP contribution is 2.36. The first-order valence-electron chi connectivity index (χ1n) is 7.78. The van der Waals surface area contributed by atoms with Crippen LogP contribution in [0.4, 0.5) is 0 Å². The lowest BCUT2D eigenvalue weighted by atomic mass is 10.1. The number of rotatable bonds is 6. The summed E-state index contributed by atoms with van der Waals surface area (Å²) in [7, 11) is -1.62. The molecule has 1 heterocycles. The van der Waals surface area contributed by atoms with E-state index in [9.17, 15) is 5.11 Å². The molecule has 0 spiro atoms. The van der Waals surface area contributed by atoms with Crippen molar-refractivity contribution in [3.8, 4) is 0 Å². The monoisotopic (exact) mass is 339 g/mol. The van der Waals surface area contributed by atoms with E-state index in [1.165, 1.54) is 5.56 Å². The maximum absolute atomic E-state index is 9.17. The Morgan fingerprint density at radius 3 is 2.30 bits per heavy atom. The number of aliphatic hydroxyl groups excluding tert-OH is 1. The molecule has 0 amide bonds. The summed E-state index contributed by atoms with van der Waals surface area (Å²) < 4.78 is 6.18. The summed E-state index contributed by atoms with van der Waals surface area (Å²) >= 11 is 0. The van der Waals surface area contributed by atoms with Crippen molar-refractivity contribution >= 4 is 14.5 Å². The van der Waals surface area contributed by atoms with E-state index in [-0.39, 0.29) is 17.8 Å². The molecule has 0 aliphatic rings. The van der Waals surface area contributed by atoms with Crippen LogP contribution in [0.2, 0.25) is 18.1 Å². The molecular weight excluding hydrogens is 310 g/mol. The van der Waals surface area contributed by atoms with Crippen LogP contribution in [0.15, 0.2) is 12.1 Å². The molecule has 0 radical (unpaired) electrons. The van der Waals surface area contributed by atoms with E-state index in [4.69, 9.17) is 14.0 Å². The molecule has 1 N–H and O–H groups in total. The lowest BCUT2D eigenvalue weighted by molar-refractivity contribution is -0.191. The molecule has 0 saturated heterocycles. The van der Waals surface area contributed by atoms with Gasteiger partial charge in [0.15, 0.2) is 8.32 Å². The van der Waals surface area contributed by atoms with Crippen molar-refractivity contribution in [2.24, 2.45) is 0 Å². The molecule has 0 atom stereocenters. The van der Waals surface area contributed by atoms with Crippen molar-refractivity contribution in [3.63, 3.8) is 0 Å². The Labute approximate surface area is 140 Å². The van der Waals surface area contributed by atoms with Crippen molar-refractivity contribution < 1.29 is 19.1 Å². The van der Waals surface area contributed by atoms with E-state index in [1.54, 1.807) is 0 Å². The van der Waals surface area contributed by atoms with E-state index in [2.05, 4.69) is 44.9 Å². The SMILES string of the molecule is Cc1cc(CCCO[Si](C)(C)C(C)(C)C)cc(CO)n1.O=C=O. The molecule has 0 aliphatic heterocycles. The zero-order valence-corrected chi connectivity index (χ0v) is 16.1. The Hall–Kier alpha value is -1.33. The van der Waals surface area contributed by atoms with Crippen LogP contribution in [-0.4, -0.2) is 31.2 Å². The fourth-order valence-corrected chi connectivity index (χ4v) is 2.95. The molecular formula is C17H29NO4Si. The van der Waals surface area contributed by atoms with Gasteiger partial charge in [0.25, 0.3) is 0 Å². The van der Waals surface area contributed by atoms with E-state index in [0.717, 1.165) is 30.8 Å². The van der Waals surface area contributed by atoms with Gasteiger partial charge < -0.3 is 9.53 Å². The predicted octanol–water partition coefficient (Wildman–Crippen LogP) is 3.25. The van der Waals surface area contributed by atoms with E-state index >= 15 is 0 Å². The van der Waals surface area contributed by atoms with Crippen molar-refractivity contribution in [2.45, 2.75) is 65.3 Å². The number of hydrogen-bond acceptors (Lipinski definition) is 5. The highest BCUT2D eigenvalue weighted by Gasteiger charge is 2.36. The van der Waals surface area contributed by atoms with Gasteiger partial charge in [-0.2, -0.15) is 9.59 Å². The van der Waals surface area contributed by atoms with Gasteiger partial charge in [-0.05, 0) is 55.6 Å². The minimum absolute atomic E-state index is 0.00908. The lowest BCUT2D eigenvalue weighted by Crippen LogP contribution is -2.41. The zero-order valence-electron chi connectivity index (χ0n) is 15.1. The molecule has 5 nitrogen and oxygen atoms in total. The number of aryl methyl sites for hydroxylation is 2. The van der Waals surface area contributed by atoms with Crippen LogP contribution in [0.3, 0.4) is 0 Å². The summed E-state index contributed by atoms with van der Waals surface area (Å²) in [5, 5.41) is 9.44. The molecule has 0 saturated carbocycles. The average Bonchev–Trinajstić information content (AvgIpc) is 2.42. The van der Waals surface area contributed by atoms with E-state index in [0.29, 0.717) is 0 Å². The second-order valence-electron chi connectivity index (χ2n) is 7.06. The van der Waals surface area contributed by atoms with E-state index in [1.807, 2.05) is 13.0 Å². The van der Waals surface area contributed by atoms with Gasteiger partial charge in [0, 0.05) is 12.3 Å². The maximum atomic E-state index is 9.17. The Morgan fingerprint density at radius 1 is 1.26 bits per heavy atom. The molecule has 0 bridgehead atoms. The first-order chi connectivity index (χ1) is 10.6. The number of aliphatic hydroxyl groups is 1. The van der Waals surface area contributed by atoms with Crippen molar-refractivity contribution in [2.75, 3.05) is 6.61 Å². The van der Waals surface area contributed by atoms with Crippen LogP contribution >= 0.6 is 0 Å². The number of carbonyl (C=O) groups excluding carboxylic acids is 2. The van der Waals surface area contributed by atoms with Gasteiger partial charge in [-0.25, -0.2) is 0 Å². The average molecular weight is 340 g/mol. The molecule has 130 valence electrons. The van der Waals surface area contributed by atoms with Crippen molar-refractivity contribution in [1.29, 1.82) is 0 Å². The van der Waals surface area contributed by atoms with Crippen LogP contribution in [0.5, 0.6) is 0 Å². The minimum Gasteiger partial charge on any atom is -0.417 e. The van der Waals surface area contributed by atoms with Gasteiger partial charge in [0.1, 0.15) is 0 Å². The highest BCUT2D eigenvalue weighted by atomic mass is 28.4. The van der Waals surface area contributed by atoms with E-state index < -0.39 is 8.32 Å². The van der Waals surface area contributed by atoms with Gasteiger partial charge in [-0.15, -0.1) is 0 Å². The van der Waals surface area contributed by atoms with Crippen LogP contribution in [-0.2, 0) is 27.0 Å². The molecule has 0 fully saturated rings. The summed E-state index contributed by atoms with van der Waals surface area (Å²) in [6.07, 6.45) is 2.24. The second-order valence-corrected chi connectivity index (χ2v) is 11.9. The number of nitrogens with zero attached hydrogens (tertiary/aromatic N) is 1. The number of aromatic nitrogens is 1. The molecule has 1 rings (SSSR count). The third kappa shape index (κ3) is 8.18. The third-order valence-electron chi connectivity index (χ3n) is 4.11. The Kier molecular flexibility index (Phi) is 9.16. The summed E-state index contributed by atoms with van der Waals surface area (Å²) in [5.74, 6) is 0. The predicted molar refractivity (Wildman–Crippen MR) is 91.4 cm³/mol. The van der Waals surface area contributed by atoms with Gasteiger partial charge in [-0.1, -0.05) is 20.8 Å². The largest absolute Gasteiger partial charge is 0.417 e. The van der Waals surface area contributed by atoms with Crippen molar-refractivity contribution in [3.05, 3.63) is 29.1 Å². The van der Waals surface area contributed by atoms with Gasteiger partial charge in [0.2, 0.25) is 0 Å². The highest BCUT2D eigenvalue weighted by molar-refractivity contribution is 6.74. The Morgan fingerprint density at radius 2 is 1.83 bits per heavy atom. The van der Waals surface area contributed by atoms with Crippen LogP contribution in [0.25, 0.3) is 0 Å². The van der Waals surface area contributed by atoms with Gasteiger partial charge >= 0.3 is 6.15 Å². The molecule has 1 aromatic heterocycles. The minimum atomic E-state index is -1.62. The van der Waals surface area contributed by atoms with Gasteiger partial charge in [0.05, 0.1) is 12.3 Å². The second kappa shape index (κ2) is 9.73. The quantitative estimate of drug-likeness (QED) is 0.636. The lowest BCUT2D eigenvalue weighted by Gasteiger charge is -2.36. The summed E-state index contributed by atoms with van der Waals surface area (Å²) in [4.78, 5) is 20.5. The van der Waals surface area contributed by atoms with Crippen LogP contribution < -0.4 is 0 Å². The normalized spacial score (nSPS) is 11.4. The molecule has 23 heavy (non-hydrogen) atoms. The maximum Gasteiger partial charge on any atom is 0.373 e. The zero-order chi connectivity index (χ0) is 18.1. The molecule has 6 heteroatoms. The molecule has 0 aromatic carbocycles. The van der Waals surface area contributed by atoms with Crippen LogP contribution in [0.1, 0.15) is 44.1 Å². The summed E-state index contributed by atoms with van der Waals surface area (Å²) in [5.41, 5.74) is 2.96. The van der Waals surface area contributed by atoms with Crippen molar-refractivity contribution in [1.82, 2.24) is 4.98 Å². The first kappa shape index (κ1) is 21.7. The molecule has 1 aromatic rings. The fraction of sp³-hybridized carbons (Fsp3) is 0.647. The first-order valence-corrected chi connectivity index (χ1v) is 10.7.